The van der Waals surface area contributed by atoms with Gasteiger partial charge in [-0.2, -0.15) is 0 Å². The minimum absolute atomic E-state index is 0.0625. The number of hydrogen-bond acceptors (Lipinski definition) is 5. The van der Waals surface area contributed by atoms with E-state index in [-0.39, 0.29) is 11.3 Å². The Kier molecular flexibility index (Phi) is 6.78. The third kappa shape index (κ3) is 3.75. The Balaban J connectivity index is 1.77. The van der Waals surface area contributed by atoms with Crippen LogP contribution in [0.2, 0.25) is 0 Å². The Labute approximate surface area is 204 Å². The number of Topliss-reactive ketones (excluding diaryl/α,β-unsaturated/α-hetero) is 1. The molecule has 6 heteroatoms. The van der Waals surface area contributed by atoms with Gasteiger partial charge >= 0.3 is 5.97 Å². The van der Waals surface area contributed by atoms with Gasteiger partial charge in [0.15, 0.2) is 12.3 Å². The molecule has 4 aliphatic rings. The number of carbonyl (C=O) groups excluding carboxylic acids is 2. The highest BCUT2D eigenvalue weighted by molar-refractivity contribution is 5.92. The standard InChI is InChI=1S/C28H42FNO4/c1-7-33-20-8-11-26(3)22-9-12-27(4)23(10-13-28(27,25(32)16-29)34-18(2)31)21(22)14-19(17-30(5)6)24(26)15-20/h15,21-23H,7-14,16-17H2,1-6H3/t21-,22+,23+,26-,27+,28-/m1/s1. The van der Waals surface area contributed by atoms with E-state index in [2.05, 4.69) is 38.9 Å². The number of nitrogens with zero attached hydrogens (tertiary/aromatic N) is 1. The van der Waals surface area contributed by atoms with E-state index in [0.717, 1.165) is 50.8 Å². The molecule has 0 heterocycles. The molecule has 0 saturated heterocycles. The van der Waals surface area contributed by atoms with Crippen LogP contribution in [0, 0.1) is 28.6 Å². The topological polar surface area (TPSA) is 55.8 Å². The second kappa shape index (κ2) is 9.07. The van der Waals surface area contributed by atoms with Crippen LogP contribution in [0.25, 0.3) is 0 Å². The summed E-state index contributed by atoms with van der Waals surface area (Å²) in [6, 6.07) is 0. The summed E-state index contributed by atoms with van der Waals surface area (Å²) in [7, 11) is 4.22. The van der Waals surface area contributed by atoms with Gasteiger partial charge in [-0.05, 0) is 94.4 Å². The molecule has 2 fully saturated rings. The predicted octanol–water partition coefficient (Wildman–Crippen LogP) is 5.25. The molecule has 5 nitrogen and oxygen atoms in total. The van der Waals surface area contributed by atoms with Gasteiger partial charge in [-0.15, -0.1) is 0 Å². The van der Waals surface area contributed by atoms with Gasteiger partial charge in [-0.1, -0.05) is 19.4 Å². The van der Waals surface area contributed by atoms with Crippen molar-refractivity contribution >= 4 is 11.8 Å². The van der Waals surface area contributed by atoms with Crippen molar-refractivity contribution in [2.45, 2.75) is 78.2 Å². The second-order valence-corrected chi connectivity index (χ2v) is 11.8. The van der Waals surface area contributed by atoms with Crippen LogP contribution in [0.5, 0.6) is 0 Å². The third-order valence-electron chi connectivity index (χ3n) is 9.78. The summed E-state index contributed by atoms with van der Waals surface area (Å²) >= 11 is 0. The number of esters is 1. The average Bonchev–Trinajstić information content (AvgIpc) is 3.06. The first-order valence-electron chi connectivity index (χ1n) is 13.0. The van der Waals surface area contributed by atoms with Crippen LogP contribution in [0.15, 0.2) is 23.0 Å². The molecule has 0 unspecified atom stereocenters. The Morgan fingerprint density at radius 1 is 1.15 bits per heavy atom. The van der Waals surface area contributed by atoms with Gasteiger partial charge in [0.05, 0.1) is 12.4 Å². The molecule has 0 radical (unpaired) electrons. The summed E-state index contributed by atoms with van der Waals surface area (Å²) in [5, 5.41) is 0. The molecular formula is C28H42FNO4. The van der Waals surface area contributed by atoms with Crippen LogP contribution < -0.4 is 0 Å². The molecule has 0 amide bonds. The Bertz CT molecular complexity index is 910. The van der Waals surface area contributed by atoms with E-state index in [1.807, 2.05) is 6.92 Å². The van der Waals surface area contributed by atoms with Crippen molar-refractivity contribution in [2.24, 2.45) is 28.6 Å². The number of hydrogen-bond donors (Lipinski definition) is 0. The molecule has 0 aliphatic heterocycles. The number of ketones is 1. The van der Waals surface area contributed by atoms with Crippen molar-refractivity contribution in [1.82, 2.24) is 4.90 Å². The van der Waals surface area contributed by atoms with E-state index in [1.165, 1.54) is 18.1 Å². The Hall–Kier alpha value is -1.69. The highest BCUT2D eigenvalue weighted by atomic mass is 19.1. The van der Waals surface area contributed by atoms with Gasteiger partial charge in [-0.3, -0.25) is 9.59 Å². The summed E-state index contributed by atoms with van der Waals surface area (Å²) in [6.45, 7) is 8.40. The number of halogens is 1. The lowest BCUT2D eigenvalue weighted by Crippen LogP contribution is -2.59. The quantitative estimate of drug-likeness (QED) is 0.471. The maximum absolute atomic E-state index is 13.8. The highest BCUT2D eigenvalue weighted by Gasteiger charge is 2.68. The zero-order chi connectivity index (χ0) is 24.9. The maximum Gasteiger partial charge on any atom is 0.303 e. The van der Waals surface area contributed by atoms with Crippen LogP contribution in [0.4, 0.5) is 4.39 Å². The zero-order valence-electron chi connectivity index (χ0n) is 21.8. The first-order chi connectivity index (χ1) is 16.0. The molecule has 4 rings (SSSR count). The summed E-state index contributed by atoms with van der Waals surface area (Å²) in [6.07, 6.45) is 8.30. The molecule has 0 aromatic carbocycles. The summed E-state index contributed by atoms with van der Waals surface area (Å²) in [4.78, 5) is 27.3. The normalized spacial score (nSPS) is 39.2. The number of fused-ring (bicyclic) bond motifs is 5. The molecule has 2 saturated carbocycles. The minimum atomic E-state index is -1.33. The number of carbonyl (C=O) groups is 2. The van der Waals surface area contributed by atoms with E-state index in [1.54, 1.807) is 0 Å². The lowest BCUT2D eigenvalue weighted by Gasteiger charge is -2.59. The summed E-state index contributed by atoms with van der Waals surface area (Å²) < 4.78 is 25.6. The lowest BCUT2D eigenvalue weighted by atomic mass is 9.46. The number of alkyl halides is 1. The van der Waals surface area contributed by atoms with Crippen molar-refractivity contribution < 1.29 is 23.5 Å². The fraction of sp³-hybridized carbons (Fsp3) is 0.786. The molecule has 0 spiro atoms. The van der Waals surface area contributed by atoms with Crippen molar-refractivity contribution in [3.8, 4) is 0 Å². The maximum atomic E-state index is 13.8. The minimum Gasteiger partial charge on any atom is -0.498 e. The van der Waals surface area contributed by atoms with Crippen molar-refractivity contribution in [3.63, 3.8) is 0 Å². The number of allylic oxidation sites excluding steroid dienone is 3. The molecule has 0 N–H and O–H groups in total. The third-order valence-corrected chi connectivity index (χ3v) is 9.78. The van der Waals surface area contributed by atoms with Crippen LogP contribution in [0.3, 0.4) is 0 Å². The average molecular weight is 476 g/mol. The molecule has 34 heavy (non-hydrogen) atoms. The smallest absolute Gasteiger partial charge is 0.303 e. The lowest BCUT2D eigenvalue weighted by molar-refractivity contribution is -0.188. The van der Waals surface area contributed by atoms with Gasteiger partial charge in [-0.25, -0.2) is 4.39 Å². The van der Waals surface area contributed by atoms with E-state index in [0.29, 0.717) is 24.9 Å². The second-order valence-electron chi connectivity index (χ2n) is 11.8. The number of rotatable bonds is 7. The summed E-state index contributed by atoms with van der Waals surface area (Å²) in [5.41, 5.74) is 1.11. The van der Waals surface area contributed by atoms with Crippen LogP contribution >= 0.6 is 0 Å². The van der Waals surface area contributed by atoms with Crippen molar-refractivity contribution in [1.29, 1.82) is 0 Å². The molecule has 6 atom stereocenters. The fourth-order valence-electron chi connectivity index (χ4n) is 8.43. The van der Waals surface area contributed by atoms with Gasteiger partial charge in [0.25, 0.3) is 0 Å². The molecule has 190 valence electrons. The molecule has 0 aromatic heterocycles. The van der Waals surface area contributed by atoms with E-state index < -0.39 is 29.4 Å². The largest absolute Gasteiger partial charge is 0.498 e. The highest BCUT2D eigenvalue weighted by Crippen LogP contribution is 2.68. The fourth-order valence-corrected chi connectivity index (χ4v) is 8.43. The van der Waals surface area contributed by atoms with Gasteiger partial charge in [0.1, 0.15) is 0 Å². The first-order valence-corrected chi connectivity index (χ1v) is 13.0. The van der Waals surface area contributed by atoms with Gasteiger partial charge < -0.3 is 14.4 Å². The van der Waals surface area contributed by atoms with Crippen LogP contribution in [0.1, 0.15) is 72.6 Å². The number of likely N-dealkylation sites (N-methyl/N-ethyl adjacent to an activating group) is 1. The van der Waals surface area contributed by atoms with Crippen molar-refractivity contribution in [2.75, 3.05) is 33.9 Å². The SMILES string of the molecule is CCOC1=CC2=C(CN(C)C)C[C@@H]3[C@H](CC[C@@]4(C)[C@H]3CC[C@@]4(OC(C)=O)C(=O)CF)[C@@]2(C)CC1. The van der Waals surface area contributed by atoms with Crippen molar-refractivity contribution in [3.05, 3.63) is 23.0 Å². The zero-order valence-corrected chi connectivity index (χ0v) is 21.8. The molecule has 0 aromatic rings. The molecular weight excluding hydrogens is 433 g/mol. The van der Waals surface area contributed by atoms with Crippen LogP contribution in [-0.4, -0.2) is 56.2 Å². The van der Waals surface area contributed by atoms with Crippen LogP contribution in [-0.2, 0) is 19.1 Å². The Morgan fingerprint density at radius 2 is 1.85 bits per heavy atom. The molecule has 4 aliphatic carbocycles. The van der Waals surface area contributed by atoms with E-state index >= 15 is 0 Å². The van der Waals surface area contributed by atoms with Gasteiger partial charge in [0, 0.05) is 25.3 Å². The molecule has 0 bridgehead atoms. The van der Waals surface area contributed by atoms with E-state index in [9.17, 15) is 14.0 Å². The summed E-state index contributed by atoms with van der Waals surface area (Å²) in [5.74, 6) is 1.18. The van der Waals surface area contributed by atoms with E-state index in [4.69, 9.17) is 9.47 Å². The monoisotopic (exact) mass is 475 g/mol. The Morgan fingerprint density at radius 3 is 2.47 bits per heavy atom. The number of ether oxygens (including phenoxy) is 2. The van der Waals surface area contributed by atoms with Gasteiger partial charge in [0.2, 0.25) is 5.78 Å². The predicted molar refractivity (Wildman–Crippen MR) is 130 cm³/mol. The first kappa shape index (κ1) is 25.4.